The Morgan fingerprint density at radius 2 is 2.55 bits per heavy atom. The van der Waals surface area contributed by atoms with Crippen LogP contribution >= 0.6 is 0 Å². The molecular weight excluding hydrogens is 140 g/mol. The lowest BCUT2D eigenvalue weighted by Gasteiger charge is -2.02. The summed E-state index contributed by atoms with van der Waals surface area (Å²) < 4.78 is 7.00. The molecule has 3 nitrogen and oxygen atoms in total. The Hall–Kier alpha value is -0.830. The molecule has 1 radical (unpaired) electrons. The quantitative estimate of drug-likeness (QED) is 0.604. The van der Waals surface area contributed by atoms with Crippen LogP contribution < -0.4 is 0 Å². The first-order valence-corrected chi connectivity index (χ1v) is 3.73. The first-order valence-electron chi connectivity index (χ1n) is 3.73. The van der Waals surface area contributed by atoms with Gasteiger partial charge in [0.2, 0.25) is 0 Å². The second-order valence-electron chi connectivity index (χ2n) is 2.46. The lowest BCUT2D eigenvalue weighted by molar-refractivity contribution is 0.190. The molecule has 0 amide bonds. The van der Waals surface area contributed by atoms with Gasteiger partial charge in [0.25, 0.3) is 0 Å². The minimum absolute atomic E-state index is 0.803. The highest BCUT2D eigenvalue weighted by Gasteiger charge is 1.94. The predicted octanol–water partition coefficient (Wildman–Crippen LogP) is 1.03. The molecule has 0 atom stereocenters. The van der Waals surface area contributed by atoms with Gasteiger partial charge in [0, 0.05) is 26.5 Å². The normalized spacial score (nSPS) is 10.4. The van der Waals surface area contributed by atoms with Crippen LogP contribution in [0.25, 0.3) is 0 Å². The first-order chi connectivity index (χ1) is 5.34. The number of nitrogens with zero attached hydrogens (tertiary/aromatic N) is 2. The fourth-order valence-corrected chi connectivity index (χ4v) is 0.955. The van der Waals surface area contributed by atoms with Crippen molar-refractivity contribution in [1.29, 1.82) is 0 Å². The summed E-state index contributed by atoms with van der Waals surface area (Å²) in [6, 6.07) is 0. The van der Waals surface area contributed by atoms with Crippen LogP contribution in [0.1, 0.15) is 12.2 Å². The highest BCUT2D eigenvalue weighted by molar-refractivity contribution is 4.86. The van der Waals surface area contributed by atoms with E-state index in [1.54, 1.807) is 7.11 Å². The van der Waals surface area contributed by atoms with Crippen LogP contribution in [0.3, 0.4) is 0 Å². The van der Waals surface area contributed by atoms with Gasteiger partial charge in [0.15, 0.2) is 0 Å². The first kappa shape index (κ1) is 8.27. The third-order valence-electron chi connectivity index (χ3n) is 1.60. The van der Waals surface area contributed by atoms with E-state index in [4.69, 9.17) is 4.74 Å². The van der Waals surface area contributed by atoms with E-state index >= 15 is 0 Å². The summed E-state index contributed by atoms with van der Waals surface area (Å²) in [5.41, 5.74) is 0. The number of methoxy groups -OCH3 is 1. The van der Waals surface area contributed by atoms with Gasteiger partial charge >= 0.3 is 0 Å². The summed E-state index contributed by atoms with van der Waals surface area (Å²) in [7, 11) is 1.72. The van der Waals surface area contributed by atoms with Gasteiger partial charge in [-0.05, 0) is 13.3 Å². The molecule has 1 heterocycles. The van der Waals surface area contributed by atoms with E-state index in [1.165, 1.54) is 0 Å². The number of rotatable bonds is 4. The Morgan fingerprint density at radius 1 is 1.73 bits per heavy atom. The Balaban J connectivity index is 2.32. The zero-order chi connectivity index (χ0) is 8.10. The minimum atomic E-state index is 0.803. The van der Waals surface area contributed by atoms with Gasteiger partial charge in [-0.2, -0.15) is 0 Å². The van der Waals surface area contributed by atoms with Gasteiger partial charge in [-0.15, -0.1) is 0 Å². The number of imidazole rings is 1. The monoisotopic (exact) mass is 153 g/mol. The molecule has 0 aliphatic heterocycles. The van der Waals surface area contributed by atoms with Crippen LogP contribution in [0.4, 0.5) is 0 Å². The smallest absolute Gasteiger partial charge is 0.109 e. The second-order valence-corrected chi connectivity index (χ2v) is 2.46. The highest BCUT2D eigenvalue weighted by atomic mass is 16.5. The molecule has 0 aliphatic carbocycles. The Morgan fingerprint density at radius 3 is 3.09 bits per heavy atom. The van der Waals surface area contributed by atoms with Gasteiger partial charge in [-0.1, -0.05) is 0 Å². The second kappa shape index (κ2) is 4.13. The third kappa shape index (κ3) is 2.35. The van der Waals surface area contributed by atoms with Crippen molar-refractivity contribution < 1.29 is 4.74 Å². The van der Waals surface area contributed by atoms with Gasteiger partial charge in [0.05, 0.1) is 0 Å². The molecule has 1 aromatic heterocycles. The van der Waals surface area contributed by atoms with E-state index in [2.05, 4.69) is 15.7 Å². The van der Waals surface area contributed by atoms with Crippen LogP contribution in [-0.2, 0) is 11.3 Å². The van der Waals surface area contributed by atoms with Gasteiger partial charge in [-0.3, -0.25) is 0 Å². The van der Waals surface area contributed by atoms with E-state index in [0.29, 0.717) is 0 Å². The SMILES string of the molecule is COCCCn1c[c]nc1C. The fraction of sp³-hybridized carbons (Fsp3) is 0.625. The maximum Gasteiger partial charge on any atom is 0.109 e. The summed E-state index contributed by atoms with van der Waals surface area (Å²) in [6.07, 6.45) is 5.69. The molecule has 0 saturated carbocycles. The van der Waals surface area contributed by atoms with Gasteiger partial charge in [-0.25, -0.2) is 4.98 Å². The van der Waals surface area contributed by atoms with Crippen LogP contribution in [0, 0.1) is 13.1 Å². The third-order valence-corrected chi connectivity index (χ3v) is 1.60. The van der Waals surface area contributed by atoms with Gasteiger partial charge in [0.1, 0.15) is 12.0 Å². The van der Waals surface area contributed by atoms with Crippen molar-refractivity contribution in [3.05, 3.63) is 18.2 Å². The number of hydrogen-bond acceptors (Lipinski definition) is 2. The molecule has 1 aromatic rings. The topological polar surface area (TPSA) is 27.1 Å². The average molecular weight is 153 g/mol. The van der Waals surface area contributed by atoms with Crippen molar-refractivity contribution in [3.8, 4) is 0 Å². The maximum absolute atomic E-state index is 4.94. The van der Waals surface area contributed by atoms with E-state index in [-0.39, 0.29) is 0 Å². The molecule has 11 heavy (non-hydrogen) atoms. The van der Waals surface area contributed by atoms with Crippen molar-refractivity contribution in [2.75, 3.05) is 13.7 Å². The lowest BCUT2D eigenvalue weighted by atomic mass is 10.4. The molecule has 1 rings (SSSR count). The Bertz CT molecular complexity index is 208. The number of hydrogen-bond donors (Lipinski definition) is 0. The standard InChI is InChI=1S/C8H13N2O/c1-8-9-4-6-10(8)5-3-7-11-2/h6H,3,5,7H2,1-2H3. The molecule has 61 valence electrons. The zero-order valence-corrected chi connectivity index (χ0v) is 7.00. The fourth-order valence-electron chi connectivity index (χ4n) is 0.955. The Kier molecular flexibility index (Phi) is 3.11. The predicted molar refractivity (Wildman–Crippen MR) is 42.3 cm³/mol. The van der Waals surface area contributed by atoms with E-state index in [1.807, 2.05) is 13.1 Å². The molecule has 0 saturated heterocycles. The lowest BCUT2D eigenvalue weighted by Crippen LogP contribution is -2.01. The summed E-state index contributed by atoms with van der Waals surface area (Å²) in [6.45, 7) is 3.75. The van der Waals surface area contributed by atoms with Crippen molar-refractivity contribution in [2.45, 2.75) is 19.9 Å². The van der Waals surface area contributed by atoms with Crippen molar-refractivity contribution in [1.82, 2.24) is 9.55 Å². The molecule has 0 bridgehead atoms. The van der Waals surface area contributed by atoms with Crippen LogP contribution in [0.5, 0.6) is 0 Å². The van der Waals surface area contributed by atoms with Crippen LogP contribution in [0.2, 0.25) is 0 Å². The molecule has 0 aromatic carbocycles. The molecule has 0 spiro atoms. The maximum atomic E-state index is 4.94. The molecule has 3 heteroatoms. The van der Waals surface area contributed by atoms with E-state index in [0.717, 1.165) is 25.4 Å². The minimum Gasteiger partial charge on any atom is -0.385 e. The zero-order valence-electron chi connectivity index (χ0n) is 7.00. The van der Waals surface area contributed by atoms with Crippen LogP contribution in [0.15, 0.2) is 6.20 Å². The molecule has 0 unspecified atom stereocenters. The highest BCUT2D eigenvalue weighted by Crippen LogP contribution is 1.96. The van der Waals surface area contributed by atoms with Crippen LogP contribution in [-0.4, -0.2) is 23.3 Å². The summed E-state index contributed by atoms with van der Waals surface area (Å²) in [4.78, 5) is 3.99. The summed E-state index contributed by atoms with van der Waals surface area (Å²) in [5.74, 6) is 1.01. The number of aromatic nitrogens is 2. The van der Waals surface area contributed by atoms with Crippen molar-refractivity contribution in [3.63, 3.8) is 0 Å². The van der Waals surface area contributed by atoms with Crippen molar-refractivity contribution in [2.24, 2.45) is 0 Å². The molecule has 0 aliphatic rings. The largest absolute Gasteiger partial charge is 0.385 e. The number of ether oxygens (including phenoxy) is 1. The summed E-state index contributed by atoms with van der Waals surface area (Å²) in [5, 5.41) is 0. The summed E-state index contributed by atoms with van der Waals surface area (Å²) >= 11 is 0. The van der Waals surface area contributed by atoms with E-state index < -0.39 is 0 Å². The number of aryl methyl sites for hydroxylation is 2. The average Bonchev–Trinajstić information content (AvgIpc) is 2.37. The van der Waals surface area contributed by atoms with E-state index in [9.17, 15) is 0 Å². The molecule has 0 fully saturated rings. The molecular formula is C8H13N2O. The van der Waals surface area contributed by atoms with Crippen molar-refractivity contribution >= 4 is 0 Å². The molecule has 0 N–H and O–H groups in total. The Labute approximate surface area is 67.0 Å². The van der Waals surface area contributed by atoms with Gasteiger partial charge < -0.3 is 9.30 Å².